The van der Waals surface area contributed by atoms with Crippen molar-refractivity contribution in [2.75, 3.05) is 24.0 Å². The highest BCUT2D eigenvalue weighted by atomic mass is 32.2. The van der Waals surface area contributed by atoms with E-state index in [9.17, 15) is 0 Å². The standard InChI is InChI=1S/C13H18N2S/c1-10-7-13(6-5-12(10)8-14)15(3)11(2)9-16-4/h5-7,11H,9H2,1-4H3. The summed E-state index contributed by atoms with van der Waals surface area (Å²) in [7, 11) is 2.10. The predicted octanol–water partition coefficient (Wildman–Crippen LogP) is 3.05. The molecular formula is C13H18N2S. The lowest BCUT2D eigenvalue weighted by Crippen LogP contribution is -2.30. The number of rotatable bonds is 4. The second-order valence-electron chi connectivity index (χ2n) is 4.03. The van der Waals surface area contributed by atoms with Crippen LogP contribution in [0.25, 0.3) is 0 Å². The van der Waals surface area contributed by atoms with Crippen LogP contribution < -0.4 is 4.90 Å². The van der Waals surface area contributed by atoms with Crippen LogP contribution in [0.3, 0.4) is 0 Å². The summed E-state index contributed by atoms with van der Waals surface area (Å²) >= 11 is 1.85. The largest absolute Gasteiger partial charge is 0.371 e. The second-order valence-corrected chi connectivity index (χ2v) is 4.94. The minimum atomic E-state index is 0.502. The third kappa shape index (κ3) is 2.93. The Labute approximate surface area is 102 Å². The van der Waals surface area contributed by atoms with Crippen LogP contribution in [0.2, 0.25) is 0 Å². The van der Waals surface area contributed by atoms with Gasteiger partial charge in [0.05, 0.1) is 11.6 Å². The van der Waals surface area contributed by atoms with Gasteiger partial charge in [-0.05, 0) is 43.9 Å². The number of aryl methyl sites for hydroxylation is 1. The van der Waals surface area contributed by atoms with Crippen molar-refractivity contribution in [1.82, 2.24) is 0 Å². The van der Waals surface area contributed by atoms with Gasteiger partial charge in [-0.1, -0.05) is 0 Å². The van der Waals surface area contributed by atoms with E-state index in [4.69, 9.17) is 5.26 Å². The summed E-state index contributed by atoms with van der Waals surface area (Å²) in [5, 5.41) is 8.87. The molecule has 0 fully saturated rings. The van der Waals surface area contributed by atoms with E-state index in [1.54, 1.807) is 0 Å². The Morgan fingerprint density at radius 3 is 2.69 bits per heavy atom. The molecule has 1 aromatic carbocycles. The van der Waals surface area contributed by atoms with Gasteiger partial charge in [0.2, 0.25) is 0 Å². The van der Waals surface area contributed by atoms with Crippen molar-refractivity contribution in [1.29, 1.82) is 5.26 Å². The molecule has 0 saturated heterocycles. The first-order valence-corrected chi connectivity index (χ1v) is 6.72. The van der Waals surface area contributed by atoms with Crippen molar-refractivity contribution in [3.05, 3.63) is 29.3 Å². The normalized spacial score (nSPS) is 11.9. The fourth-order valence-corrected chi connectivity index (χ4v) is 2.31. The summed E-state index contributed by atoms with van der Waals surface area (Å²) in [6.07, 6.45) is 2.12. The summed E-state index contributed by atoms with van der Waals surface area (Å²) < 4.78 is 0. The van der Waals surface area contributed by atoms with Gasteiger partial charge < -0.3 is 4.90 Å². The average molecular weight is 234 g/mol. The molecule has 1 unspecified atom stereocenters. The monoisotopic (exact) mass is 234 g/mol. The maximum Gasteiger partial charge on any atom is 0.0994 e. The number of benzene rings is 1. The molecular weight excluding hydrogens is 216 g/mol. The molecule has 16 heavy (non-hydrogen) atoms. The van der Waals surface area contributed by atoms with E-state index >= 15 is 0 Å². The van der Waals surface area contributed by atoms with Crippen molar-refractivity contribution in [3.8, 4) is 6.07 Å². The average Bonchev–Trinajstić information content (AvgIpc) is 2.28. The number of hydrogen-bond donors (Lipinski definition) is 0. The Hall–Kier alpha value is -1.14. The zero-order valence-electron chi connectivity index (χ0n) is 10.3. The third-order valence-electron chi connectivity index (χ3n) is 2.81. The highest BCUT2D eigenvalue weighted by Gasteiger charge is 2.10. The predicted molar refractivity (Wildman–Crippen MR) is 72.1 cm³/mol. The lowest BCUT2D eigenvalue weighted by Gasteiger charge is -2.26. The van der Waals surface area contributed by atoms with Crippen molar-refractivity contribution in [2.45, 2.75) is 19.9 Å². The minimum Gasteiger partial charge on any atom is -0.371 e. The smallest absolute Gasteiger partial charge is 0.0994 e. The van der Waals surface area contributed by atoms with Crippen LogP contribution in [0.4, 0.5) is 5.69 Å². The van der Waals surface area contributed by atoms with Crippen molar-refractivity contribution in [3.63, 3.8) is 0 Å². The summed E-state index contributed by atoms with van der Waals surface area (Å²) in [6, 6.07) is 8.69. The third-order valence-corrected chi connectivity index (χ3v) is 3.62. The fraction of sp³-hybridized carbons (Fsp3) is 0.462. The molecule has 86 valence electrons. The van der Waals surface area contributed by atoms with E-state index < -0.39 is 0 Å². The zero-order chi connectivity index (χ0) is 12.1. The van der Waals surface area contributed by atoms with E-state index in [1.807, 2.05) is 30.8 Å². The molecule has 0 aliphatic heterocycles. The summed E-state index contributed by atoms with van der Waals surface area (Å²) in [5.41, 5.74) is 2.98. The minimum absolute atomic E-state index is 0.502. The molecule has 0 radical (unpaired) electrons. The first-order chi connectivity index (χ1) is 7.60. The van der Waals surface area contributed by atoms with Crippen LogP contribution >= 0.6 is 11.8 Å². The second kappa shape index (κ2) is 5.81. The first kappa shape index (κ1) is 12.9. The van der Waals surface area contributed by atoms with Crippen LogP contribution in [0.1, 0.15) is 18.1 Å². The van der Waals surface area contributed by atoms with E-state index in [1.165, 1.54) is 5.69 Å². The molecule has 1 atom stereocenters. The fourth-order valence-electron chi connectivity index (χ4n) is 1.60. The van der Waals surface area contributed by atoms with Crippen LogP contribution in [0.5, 0.6) is 0 Å². The molecule has 0 aromatic heterocycles. The number of hydrogen-bond acceptors (Lipinski definition) is 3. The molecule has 2 nitrogen and oxygen atoms in total. The maximum atomic E-state index is 8.87. The lowest BCUT2D eigenvalue weighted by atomic mass is 10.1. The highest BCUT2D eigenvalue weighted by Crippen LogP contribution is 2.20. The molecule has 0 amide bonds. The number of anilines is 1. The van der Waals surface area contributed by atoms with E-state index in [0.717, 1.165) is 16.9 Å². The van der Waals surface area contributed by atoms with Crippen molar-refractivity contribution < 1.29 is 0 Å². The molecule has 0 spiro atoms. The van der Waals surface area contributed by atoms with Gasteiger partial charge in [0, 0.05) is 24.5 Å². The Morgan fingerprint density at radius 1 is 1.50 bits per heavy atom. The molecule has 0 N–H and O–H groups in total. The van der Waals surface area contributed by atoms with Gasteiger partial charge in [0.1, 0.15) is 0 Å². The highest BCUT2D eigenvalue weighted by molar-refractivity contribution is 7.98. The Kier molecular flexibility index (Phi) is 4.70. The molecule has 0 saturated carbocycles. The Bertz CT molecular complexity index is 395. The first-order valence-electron chi connectivity index (χ1n) is 5.32. The molecule has 1 rings (SSSR count). The van der Waals surface area contributed by atoms with Gasteiger partial charge in [-0.25, -0.2) is 0 Å². The molecule has 3 heteroatoms. The zero-order valence-corrected chi connectivity index (χ0v) is 11.1. The quantitative estimate of drug-likeness (QED) is 0.801. The lowest BCUT2D eigenvalue weighted by molar-refractivity contribution is 0.765. The van der Waals surface area contributed by atoms with Gasteiger partial charge in [0.25, 0.3) is 0 Å². The van der Waals surface area contributed by atoms with Gasteiger partial charge in [-0.15, -0.1) is 0 Å². The van der Waals surface area contributed by atoms with Gasteiger partial charge in [0.15, 0.2) is 0 Å². The van der Waals surface area contributed by atoms with Gasteiger partial charge >= 0.3 is 0 Å². The van der Waals surface area contributed by atoms with Crippen LogP contribution in [0, 0.1) is 18.3 Å². The van der Waals surface area contributed by atoms with E-state index in [0.29, 0.717) is 6.04 Å². The summed E-state index contributed by atoms with van der Waals surface area (Å²) in [5.74, 6) is 1.11. The Balaban J connectivity index is 2.89. The molecule has 1 aromatic rings. The topological polar surface area (TPSA) is 27.0 Å². The summed E-state index contributed by atoms with van der Waals surface area (Å²) in [4.78, 5) is 2.25. The SMILES string of the molecule is CSCC(C)N(C)c1ccc(C#N)c(C)c1. The molecule has 0 aliphatic rings. The van der Waals surface area contributed by atoms with E-state index in [2.05, 4.69) is 37.3 Å². The van der Waals surface area contributed by atoms with Crippen LogP contribution in [0.15, 0.2) is 18.2 Å². The Morgan fingerprint density at radius 2 is 2.19 bits per heavy atom. The van der Waals surface area contributed by atoms with Gasteiger partial charge in [-0.2, -0.15) is 17.0 Å². The summed E-state index contributed by atoms with van der Waals surface area (Å²) in [6.45, 7) is 4.19. The number of thioether (sulfide) groups is 1. The van der Waals surface area contributed by atoms with Crippen molar-refractivity contribution >= 4 is 17.4 Å². The molecule has 0 aliphatic carbocycles. The van der Waals surface area contributed by atoms with Crippen LogP contribution in [-0.2, 0) is 0 Å². The molecule has 0 heterocycles. The number of nitrogens with zero attached hydrogens (tertiary/aromatic N) is 2. The van der Waals surface area contributed by atoms with E-state index in [-0.39, 0.29) is 0 Å². The van der Waals surface area contributed by atoms with Gasteiger partial charge in [-0.3, -0.25) is 0 Å². The molecule has 0 bridgehead atoms. The number of nitriles is 1. The maximum absolute atomic E-state index is 8.87. The van der Waals surface area contributed by atoms with Crippen molar-refractivity contribution in [2.24, 2.45) is 0 Å². The van der Waals surface area contributed by atoms with Crippen LogP contribution in [-0.4, -0.2) is 25.1 Å².